The lowest BCUT2D eigenvalue weighted by Crippen LogP contribution is -2.27. The third-order valence-electron chi connectivity index (χ3n) is 3.30. The normalized spacial score (nSPS) is 17.9. The number of rotatable bonds is 4. The first-order chi connectivity index (χ1) is 9.92. The van der Waals surface area contributed by atoms with E-state index in [1.807, 2.05) is 0 Å². The SMILES string of the molecule is CC(=O)Nc1ccc(N2CC(CO)CC2=O)c(C(=O)O)c1. The predicted octanol–water partition coefficient (Wildman–Crippen LogP) is 0.688. The fraction of sp³-hybridized carbons (Fsp3) is 0.357. The third kappa shape index (κ3) is 3.19. The molecule has 7 nitrogen and oxygen atoms in total. The molecule has 0 radical (unpaired) electrons. The van der Waals surface area contributed by atoms with Gasteiger partial charge in [0.25, 0.3) is 0 Å². The Kier molecular flexibility index (Phi) is 4.23. The van der Waals surface area contributed by atoms with Gasteiger partial charge in [0, 0.05) is 38.1 Å². The van der Waals surface area contributed by atoms with E-state index in [1.54, 1.807) is 6.07 Å². The van der Waals surface area contributed by atoms with Crippen LogP contribution in [0.3, 0.4) is 0 Å². The number of aliphatic hydroxyl groups is 1. The Balaban J connectivity index is 2.37. The molecule has 0 bridgehead atoms. The summed E-state index contributed by atoms with van der Waals surface area (Å²) in [4.78, 5) is 35.7. The van der Waals surface area contributed by atoms with E-state index < -0.39 is 5.97 Å². The number of nitrogens with one attached hydrogen (secondary N) is 1. The summed E-state index contributed by atoms with van der Waals surface area (Å²) in [7, 11) is 0. The highest BCUT2D eigenvalue weighted by Crippen LogP contribution is 2.30. The maximum Gasteiger partial charge on any atom is 0.337 e. The number of benzene rings is 1. The molecule has 2 rings (SSSR count). The zero-order valence-corrected chi connectivity index (χ0v) is 11.5. The maximum absolute atomic E-state index is 11.9. The largest absolute Gasteiger partial charge is 0.478 e. The molecular weight excluding hydrogens is 276 g/mol. The molecular formula is C14H16N2O5. The third-order valence-corrected chi connectivity index (χ3v) is 3.30. The van der Waals surface area contributed by atoms with Gasteiger partial charge in [-0.3, -0.25) is 9.59 Å². The number of carbonyl (C=O) groups is 3. The van der Waals surface area contributed by atoms with E-state index in [1.165, 1.54) is 24.0 Å². The number of carbonyl (C=O) groups excluding carboxylic acids is 2. The van der Waals surface area contributed by atoms with Crippen molar-refractivity contribution >= 4 is 29.2 Å². The van der Waals surface area contributed by atoms with Gasteiger partial charge in [-0.05, 0) is 18.2 Å². The zero-order valence-electron chi connectivity index (χ0n) is 11.5. The number of hydrogen-bond donors (Lipinski definition) is 3. The maximum atomic E-state index is 11.9. The van der Waals surface area contributed by atoms with Crippen LogP contribution in [0.4, 0.5) is 11.4 Å². The second kappa shape index (κ2) is 5.92. The summed E-state index contributed by atoms with van der Waals surface area (Å²) in [6.07, 6.45) is 0.197. The Morgan fingerprint density at radius 2 is 2.14 bits per heavy atom. The molecule has 1 heterocycles. The van der Waals surface area contributed by atoms with Gasteiger partial charge in [0.15, 0.2) is 0 Å². The molecule has 0 spiro atoms. The summed E-state index contributed by atoms with van der Waals surface area (Å²) in [5, 5.41) is 20.9. The molecule has 1 fully saturated rings. The first kappa shape index (κ1) is 15.0. The summed E-state index contributed by atoms with van der Waals surface area (Å²) in [5.74, 6) is -1.90. The summed E-state index contributed by atoms with van der Waals surface area (Å²) < 4.78 is 0. The summed E-state index contributed by atoms with van der Waals surface area (Å²) in [6.45, 7) is 1.49. The first-order valence-electron chi connectivity index (χ1n) is 6.48. The van der Waals surface area contributed by atoms with Crippen LogP contribution in [0.1, 0.15) is 23.7 Å². The van der Waals surface area contributed by atoms with Gasteiger partial charge in [-0.2, -0.15) is 0 Å². The molecule has 1 aliphatic rings. The molecule has 1 saturated heterocycles. The van der Waals surface area contributed by atoms with Gasteiger partial charge in [-0.1, -0.05) is 0 Å². The van der Waals surface area contributed by atoms with Gasteiger partial charge in [-0.25, -0.2) is 4.79 Å². The molecule has 1 aromatic carbocycles. The quantitative estimate of drug-likeness (QED) is 0.757. The predicted molar refractivity (Wildman–Crippen MR) is 75.3 cm³/mol. The average Bonchev–Trinajstić information content (AvgIpc) is 2.79. The Labute approximate surface area is 121 Å². The minimum Gasteiger partial charge on any atom is -0.478 e. The topological polar surface area (TPSA) is 107 Å². The van der Waals surface area contributed by atoms with Crippen LogP contribution >= 0.6 is 0 Å². The van der Waals surface area contributed by atoms with Crippen molar-refractivity contribution in [1.82, 2.24) is 0 Å². The van der Waals surface area contributed by atoms with Crippen molar-refractivity contribution in [2.24, 2.45) is 5.92 Å². The van der Waals surface area contributed by atoms with Gasteiger partial charge >= 0.3 is 5.97 Å². The van der Waals surface area contributed by atoms with Crippen molar-refractivity contribution < 1.29 is 24.6 Å². The lowest BCUT2D eigenvalue weighted by atomic mass is 10.1. The molecule has 2 amide bonds. The van der Waals surface area contributed by atoms with Crippen LogP contribution in [0.15, 0.2) is 18.2 Å². The van der Waals surface area contributed by atoms with Gasteiger partial charge in [0.2, 0.25) is 11.8 Å². The molecule has 0 aromatic heterocycles. The molecule has 21 heavy (non-hydrogen) atoms. The number of amides is 2. The minimum atomic E-state index is -1.18. The van der Waals surface area contributed by atoms with Gasteiger partial charge < -0.3 is 20.4 Å². The summed E-state index contributed by atoms with van der Waals surface area (Å²) in [5.41, 5.74) is 0.569. The Morgan fingerprint density at radius 1 is 1.43 bits per heavy atom. The molecule has 1 aromatic rings. The van der Waals surface area contributed by atoms with Crippen molar-refractivity contribution in [2.45, 2.75) is 13.3 Å². The highest BCUT2D eigenvalue weighted by atomic mass is 16.4. The fourth-order valence-electron chi connectivity index (χ4n) is 2.36. The van der Waals surface area contributed by atoms with E-state index in [-0.39, 0.29) is 48.6 Å². The van der Waals surface area contributed by atoms with Gasteiger partial charge in [0.05, 0.1) is 11.3 Å². The molecule has 1 aliphatic heterocycles. The fourth-order valence-corrected chi connectivity index (χ4v) is 2.36. The second-order valence-electron chi connectivity index (χ2n) is 4.98. The molecule has 3 N–H and O–H groups in total. The number of aromatic carboxylic acids is 1. The summed E-state index contributed by atoms with van der Waals surface area (Å²) >= 11 is 0. The van der Waals surface area contributed by atoms with E-state index in [9.17, 15) is 19.5 Å². The molecule has 0 aliphatic carbocycles. The van der Waals surface area contributed by atoms with Crippen LogP contribution in [-0.2, 0) is 9.59 Å². The van der Waals surface area contributed by atoms with Crippen LogP contribution in [-0.4, -0.2) is 41.1 Å². The zero-order chi connectivity index (χ0) is 15.6. The number of carboxylic acid groups (broad SMARTS) is 1. The Morgan fingerprint density at radius 3 is 2.67 bits per heavy atom. The van der Waals surface area contributed by atoms with Crippen LogP contribution in [0.25, 0.3) is 0 Å². The Bertz CT molecular complexity index is 599. The molecule has 1 unspecified atom stereocenters. The van der Waals surface area contributed by atoms with Crippen molar-refractivity contribution in [1.29, 1.82) is 0 Å². The average molecular weight is 292 g/mol. The lowest BCUT2D eigenvalue weighted by molar-refractivity contribution is -0.117. The Hall–Kier alpha value is -2.41. The van der Waals surface area contributed by atoms with Crippen LogP contribution in [0.5, 0.6) is 0 Å². The monoisotopic (exact) mass is 292 g/mol. The van der Waals surface area contributed by atoms with Crippen molar-refractivity contribution in [3.8, 4) is 0 Å². The number of anilines is 2. The van der Waals surface area contributed by atoms with Gasteiger partial charge in [-0.15, -0.1) is 0 Å². The van der Waals surface area contributed by atoms with Crippen LogP contribution in [0.2, 0.25) is 0 Å². The first-order valence-corrected chi connectivity index (χ1v) is 6.48. The van der Waals surface area contributed by atoms with Crippen molar-refractivity contribution in [3.05, 3.63) is 23.8 Å². The van der Waals surface area contributed by atoms with Crippen LogP contribution < -0.4 is 10.2 Å². The van der Waals surface area contributed by atoms with E-state index in [4.69, 9.17) is 5.11 Å². The lowest BCUT2D eigenvalue weighted by Gasteiger charge is -2.19. The standard InChI is InChI=1S/C14H16N2O5/c1-8(18)15-10-2-3-12(11(5-10)14(20)21)16-6-9(7-17)4-13(16)19/h2-3,5,9,17H,4,6-7H2,1H3,(H,15,18)(H,20,21). The highest BCUT2D eigenvalue weighted by Gasteiger charge is 2.32. The molecule has 1 atom stereocenters. The van der Waals surface area contributed by atoms with Crippen molar-refractivity contribution in [3.63, 3.8) is 0 Å². The number of hydrogen-bond acceptors (Lipinski definition) is 4. The minimum absolute atomic E-state index is 0.0619. The second-order valence-corrected chi connectivity index (χ2v) is 4.98. The number of nitrogens with zero attached hydrogens (tertiary/aromatic N) is 1. The molecule has 7 heteroatoms. The smallest absolute Gasteiger partial charge is 0.337 e. The highest BCUT2D eigenvalue weighted by molar-refractivity contribution is 6.04. The summed E-state index contributed by atoms with van der Waals surface area (Å²) in [6, 6.07) is 4.35. The van der Waals surface area contributed by atoms with E-state index in [0.29, 0.717) is 5.69 Å². The number of aliphatic hydroxyl groups excluding tert-OH is 1. The number of carboxylic acids is 1. The molecule has 112 valence electrons. The van der Waals surface area contributed by atoms with E-state index in [0.717, 1.165) is 0 Å². The van der Waals surface area contributed by atoms with Gasteiger partial charge in [0.1, 0.15) is 0 Å². The van der Waals surface area contributed by atoms with Crippen LogP contribution in [0, 0.1) is 5.92 Å². The van der Waals surface area contributed by atoms with Crippen molar-refractivity contribution in [2.75, 3.05) is 23.4 Å². The van der Waals surface area contributed by atoms with E-state index in [2.05, 4.69) is 5.32 Å². The molecule has 0 saturated carbocycles. The van der Waals surface area contributed by atoms with E-state index >= 15 is 0 Å².